The van der Waals surface area contributed by atoms with Gasteiger partial charge < -0.3 is 4.90 Å². The summed E-state index contributed by atoms with van der Waals surface area (Å²) in [6, 6.07) is 10.3. The van der Waals surface area contributed by atoms with E-state index < -0.39 is 10.0 Å². The number of nitrogens with zero attached hydrogens (tertiary/aromatic N) is 1. The molecule has 2 fully saturated rings. The summed E-state index contributed by atoms with van der Waals surface area (Å²) in [6.45, 7) is 7.67. The molecule has 150 valence electrons. The number of benzene rings is 1. The summed E-state index contributed by atoms with van der Waals surface area (Å²) in [5, 5.41) is 1.73. The van der Waals surface area contributed by atoms with Gasteiger partial charge in [-0.25, -0.2) is 8.42 Å². The Morgan fingerprint density at radius 3 is 2.50 bits per heavy atom. The van der Waals surface area contributed by atoms with E-state index in [9.17, 15) is 13.2 Å². The Kier molecular flexibility index (Phi) is 4.58. The Morgan fingerprint density at radius 2 is 1.86 bits per heavy atom. The Bertz CT molecular complexity index is 981. The highest BCUT2D eigenvalue weighted by atomic mass is 32.2. The lowest BCUT2D eigenvalue weighted by molar-refractivity contribution is 0.0708. The highest BCUT2D eigenvalue weighted by Gasteiger charge is 2.50. The van der Waals surface area contributed by atoms with E-state index in [-0.39, 0.29) is 20.9 Å². The third-order valence-corrected chi connectivity index (χ3v) is 8.60. The van der Waals surface area contributed by atoms with E-state index in [0.717, 1.165) is 25.8 Å². The van der Waals surface area contributed by atoms with Gasteiger partial charge >= 0.3 is 0 Å². The predicted octanol–water partition coefficient (Wildman–Crippen LogP) is 4.59. The second-order valence-corrected chi connectivity index (χ2v) is 12.1. The van der Waals surface area contributed by atoms with Crippen molar-refractivity contribution in [2.75, 3.05) is 11.3 Å². The Labute approximate surface area is 170 Å². The van der Waals surface area contributed by atoms with Crippen molar-refractivity contribution in [1.29, 1.82) is 0 Å². The van der Waals surface area contributed by atoms with Crippen molar-refractivity contribution in [1.82, 2.24) is 4.90 Å². The summed E-state index contributed by atoms with van der Waals surface area (Å²) >= 11 is 1.17. The van der Waals surface area contributed by atoms with E-state index in [4.69, 9.17) is 0 Å². The molecule has 7 heteroatoms. The highest BCUT2D eigenvalue weighted by molar-refractivity contribution is 7.94. The van der Waals surface area contributed by atoms with E-state index in [2.05, 4.69) is 25.5 Å². The Hall–Kier alpha value is -1.86. The molecule has 5 nitrogen and oxygen atoms in total. The third-order valence-electron chi connectivity index (χ3n) is 5.82. The van der Waals surface area contributed by atoms with Crippen LogP contribution in [0, 0.1) is 10.8 Å². The van der Waals surface area contributed by atoms with Gasteiger partial charge in [-0.05, 0) is 65.8 Å². The van der Waals surface area contributed by atoms with Crippen LogP contribution in [0.3, 0.4) is 0 Å². The number of carbonyl (C=O) groups is 1. The number of thiophene rings is 1. The van der Waals surface area contributed by atoms with Gasteiger partial charge in [0.05, 0.1) is 0 Å². The zero-order chi connectivity index (χ0) is 20.2. The maximum Gasteiger partial charge on any atom is 0.271 e. The molecule has 1 amide bonds. The number of hydrogen-bond acceptors (Lipinski definition) is 4. The van der Waals surface area contributed by atoms with E-state index in [1.165, 1.54) is 11.3 Å². The number of nitrogens with one attached hydrogen (secondary N) is 1. The first-order valence-corrected chi connectivity index (χ1v) is 11.9. The van der Waals surface area contributed by atoms with Crippen LogP contribution in [0.15, 0.2) is 46.0 Å². The number of amides is 1. The van der Waals surface area contributed by atoms with Crippen LogP contribution in [-0.4, -0.2) is 31.8 Å². The molecule has 1 saturated heterocycles. The molecule has 1 saturated carbocycles. The van der Waals surface area contributed by atoms with Gasteiger partial charge in [-0.1, -0.05) is 26.8 Å². The summed E-state index contributed by atoms with van der Waals surface area (Å²) in [5.41, 5.74) is 1.51. The molecular weight excluding hydrogens is 392 g/mol. The number of sulfonamides is 1. The molecule has 0 radical (unpaired) electrons. The minimum absolute atomic E-state index is 0.0408. The highest BCUT2D eigenvalue weighted by Crippen LogP contribution is 2.52. The van der Waals surface area contributed by atoms with Crippen molar-refractivity contribution < 1.29 is 13.2 Å². The van der Waals surface area contributed by atoms with E-state index in [0.29, 0.717) is 17.3 Å². The normalized spacial score (nSPS) is 26.2. The fourth-order valence-corrected chi connectivity index (χ4v) is 7.22. The first-order valence-electron chi connectivity index (χ1n) is 9.54. The molecule has 1 aliphatic carbocycles. The smallest absolute Gasteiger partial charge is 0.271 e. The molecule has 1 aromatic heterocycles. The van der Waals surface area contributed by atoms with Gasteiger partial charge in [0.1, 0.15) is 4.21 Å². The number of hydrogen-bond donors (Lipinski definition) is 1. The average Bonchev–Trinajstić information content (AvgIpc) is 3.20. The monoisotopic (exact) mass is 418 g/mol. The third kappa shape index (κ3) is 3.70. The summed E-state index contributed by atoms with van der Waals surface area (Å²) in [5.74, 6) is 0.0408. The molecule has 2 bridgehead atoms. The maximum absolute atomic E-state index is 13.1. The lowest BCUT2D eigenvalue weighted by Gasteiger charge is -2.39. The molecule has 0 spiro atoms. The van der Waals surface area contributed by atoms with Crippen LogP contribution < -0.4 is 4.72 Å². The van der Waals surface area contributed by atoms with Gasteiger partial charge in [-0.3, -0.25) is 9.52 Å². The lowest BCUT2D eigenvalue weighted by atomic mass is 9.65. The molecule has 4 rings (SSSR count). The van der Waals surface area contributed by atoms with E-state index in [1.54, 1.807) is 41.8 Å². The van der Waals surface area contributed by atoms with Crippen molar-refractivity contribution in [2.45, 2.75) is 50.3 Å². The molecule has 28 heavy (non-hydrogen) atoms. The Balaban J connectivity index is 1.49. The number of carbonyl (C=O) groups excluding carboxylic acids is 1. The van der Waals surface area contributed by atoms with Gasteiger partial charge in [-0.15, -0.1) is 11.3 Å². The topological polar surface area (TPSA) is 66.5 Å². The van der Waals surface area contributed by atoms with Crippen molar-refractivity contribution in [3.8, 4) is 0 Å². The first kappa shape index (κ1) is 19.5. The van der Waals surface area contributed by atoms with Gasteiger partial charge in [0.15, 0.2) is 0 Å². The molecule has 2 aromatic rings. The molecule has 2 atom stereocenters. The molecule has 2 aliphatic rings. The lowest BCUT2D eigenvalue weighted by Crippen LogP contribution is -2.37. The van der Waals surface area contributed by atoms with Crippen LogP contribution in [0.1, 0.15) is 50.4 Å². The molecule has 1 N–H and O–H groups in total. The van der Waals surface area contributed by atoms with Crippen LogP contribution in [0.4, 0.5) is 5.69 Å². The maximum atomic E-state index is 13.1. The summed E-state index contributed by atoms with van der Waals surface area (Å²) in [7, 11) is -3.58. The van der Waals surface area contributed by atoms with Crippen LogP contribution >= 0.6 is 11.3 Å². The fraction of sp³-hybridized carbons (Fsp3) is 0.476. The molecule has 0 unspecified atom stereocenters. The minimum Gasteiger partial charge on any atom is -0.335 e. The van der Waals surface area contributed by atoms with Crippen molar-refractivity contribution in [2.24, 2.45) is 10.8 Å². The SMILES string of the molecule is CC1(C)C[C@H]2C[C@@](C)(CN2C(=O)c2ccc(NS(=O)(=O)c3cccs3)cc2)C1. The van der Waals surface area contributed by atoms with Gasteiger partial charge in [0, 0.05) is 23.8 Å². The van der Waals surface area contributed by atoms with Gasteiger partial charge in [-0.2, -0.15) is 0 Å². The van der Waals surface area contributed by atoms with E-state index >= 15 is 0 Å². The number of likely N-dealkylation sites (tertiary alicyclic amines) is 1. The van der Waals surface area contributed by atoms with E-state index in [1.807, 2.05) is 4.90 Å². The van der Waals surface area contributed by atoms with Crippen LogP contribution in [0.2, 0.25) is 0 Å². The molecule has 2 heterocycles. The largest absolute Gasteiger partial charge is 0.335 e. The van der Waals surface area contributed by atoms with Crippen LogP contribution in [-0.2, 0) is 10.0 Å². The summed E-state index contributed by atoms with van der Waals surface area (Å²) in [4.78, 5) is 15.1. The zero-order valence-corrected chi connectivity index (χ0v) is 18.1. The molecule has 1 aromatic carbocycles. The summed E-state index contributed by atoms with van der Waals surface area (Å²) in [6.07, 6.45) is 3.25. The van der Waals surface area contributed by atoms with Crippen molar-refractivity contribution in [3.05, 3.63) is 47.3 Å². The minimum atomic E-state index is -3.58. The van der Waals surface area contributed by atoms with Crippen molar-refractivity contribution >= 4 is 33.0 Å². The van der Waals surface area contributed by atoms with Gasteiger partial charge in [0.2, 0.25) is 0 Å². The number of anilines is 1. The predicted molar refractivity (Wildman–Crippen MR) is 112 cm³/mol. The molecule has 1 aliphatic heterocycles. The first-order chi connectivity index (χ1) is 13.1. The average molecular weight is 419 g/mol. The second-order valence-electron chi connectivity index (χ2n) is 9.26. The number of fused-ring (bicyclic) bond motifs is 2. The van der Waals surface area contributed by atoms with Crippen LogP contribution in [0.25, 0.3) is 0 Å². The second kappa shape index (κ2) is 6.59. The standard InChI is InChI=1S/C21H26N2O3S2/c1-20(2)11-17-12-21(3,13-20)14-23(17)19(24)15-6-8-16(9-7-15)22-28(25,26)18-5-4-10-27-18/h4-10,17,22H,11-14H2,1-3H3/t17-,21+/m0/s1. The zero-order valence-electron chi connectivity index (χ0n) is 16.4. The fourth-order valence-electron chi connectivity index (χ4n) is 5.17. The Morgan fingerprint density at radius 1 is 1.14 bits per heavy atom. The summed E-state index contributed by atoms with van der Waals surface area (Å²) < 4.78 is 27.5. The van der Waals surface area contributed by atoms with Gasteiger partial charge in [0.25, 0.3) is 15.9 Å². The quantitative estimate of drug-likeness (QED) is 0.790. The van der Waals surface area contributed by atoms with Crippen LogP contribution in [0.5, 0.6) is 0 Å². The molecular formula is C21H26N2O3S2. The number of rotatable bonds is 4. The van der Waals surface area contributed by atoms with Crippen molar-refractivity contribution in [3.63, 3.8) is 0 Å².